The number of nitrogens with one attached hydrogen (secondary N) is 1. The van der Waals surface area contributed by atoms with Gasteiger partial charge in [-0.2, -0.15) is 13.2 Å². The molecule has 1 heterocycles. The van der Waals surface area contributed by atoms with Crippen molar-refractivity contribution in [3.05, 3.63) is 28.8 Å². The smallest absolute Gasteiger partial charge is 0.415 e. The van der Waals surface area contributed by atoms with E-state index in [0.717, 1.165) is 12.8 Å². The first-order valence-electron chi connectivity index (χ1n) is 6.22. The Morgan fingerprint density at radius 1 is 1.38 bits per heavy atom. The third kappa shape index (κ3) is 2.32. The fourth-order valence-corrected chi connectivity index (χ4v) is 2.29. The molecule has 3 rings (SSSR count). The van der Waals surface area contributed by atoms with E-state index in [9.17, 15) is 18.0 Å². The molecule has 7 heteroatoms. The molecule has 1 aromatic rings. The minimum atomic E-state index is -4.87. The van der Waals surface area contributed by atoms with E-state index in [1.807, 2.05) is 0 Å². The first-order chi connectivity index (χ1) is 9.83. The molecular weight excluding hydrogens is 307 g/mol. The average molecular weight is 316 g/mol. The number of para-hydroxylation sites is 1. The van der Waals surface area contributed by atoms with Crippen LogP contribution in [0.2, 0.25) is 5.02 Å². The number of carbonyl (C=O) groups excluding carboxylic acids is 1. The quantitative estimate of drug-likeness (QED) is 0.733. The summed E-state index contributed by atoms with van der Waals surface area (Å²) in [7, 11) is 0. The monoisotopic (exact) mass is 315 g/mol. The predicted octanol–water partition coefficient (Wildman–Crippen LogP) is 4.07. The number of amides is 1. The Balaban J connectivity index is 2.23. The van der Waals surface area contributed by atoms with E-state index in [1.54, 1.807) is 0 Å². The maximum Gasteiger partial charge on any atom is 0.445 e. The van der Waals surface area contributed by atoms with Gasteiger partial charge in [-0.15, -0.1) is 0 Å². The summed E-state index contributed by atoms with van der Waals surface area (Å²) < 4.78 is 45.4. The van der Waals surface area contributed by atoms with Crippen LogP contribution in [-0.2, 0) is 10.3 Å². The van der Waals surface area contributed by atoms with Gasteiger partial charge in [0.1, 0.15) is 0 Å². The third-order valence-electron chi connectivity index (χ3n) is 3.29. The summed E-state index contributed by atoms with van der Waals surface area (Å²) in [6.07, 6.45) is -4.57. The van der Waals surface area contributed by atoms with Gasteiger partial charge in [0.15, 0.2) is 0 Å². The van der Waals surface area contributed by atoms with Crippen LogP contribution < -0.4 is 5.32 Å². The highest BCUT2D eigenvalue weighted by Gasteiger charge is 2.62. The highest BCUT2D eigenvalue weighted by Crippen LogP contribution is 2.49. The van der Waals surface area contributed by atoms with Crippen molar-refractivity contribution in [2.45, 2.75) is 24.6 Å². The molecule has 1 aliphatic heterocycles. The lowest BCUT2D eigenvalue weighted by molar-refractivity contribution is -0.239. The first-order valence-corrected chi connectivity index (χ1v) is 6.60. The molecule has 1 N–H and O–H groups in total. The summed E-state index contributed by atoms with van der Waals surface area (Å²) in [5.41, 5.74) is -3.38. The van der Waals surface area contributed by atoms with Gasteiger partial charge in [0, 0.05) is 11.5 Å². The van der Waals surface area contributed by atoms with Crippen LogP contribution in [0.3, 0.4) is 0 Å². The Kier molecular flexibility index (Phi) is 3.06. The number of hydrogen-bond donors (Lipinski definition) is 1. The Hall–Kier alpha value is -1.87. The molecule has 1 aromatic carbocycles. The second kappa shape index (κ2) is 4.57. The van der Waals surface area contributed by atoms with Crippen molar-refractivity contribution in [2.24, 2.45) is 5.92 Å². The van der Waals surface area contributed by atoms with Crippen LogP contribution in [0.4, 0.5) is 23.7 Å². The molecule has 0 saturated heterocycles. The Labute approximate surface area is 123 Å². The Morgan fingerprint density at radius 3 is 2.71 bits per heavy atom. The highest BCUT2D eigenvalue weighted by atomic mass is 35.5. The van der Waals surface area contributed by atoms with Gasteiger partial charge in [0.2, 0.25) is 0 Å². The largest absolute Gasteiger partial charge is 0.445 e. The fraction of sp³-hybridized carbons (Fsp3) is 0.357. The van der Waals surface area contributed by atoms with Gasteiger partial charge in [0.25, 0.3) is 5.60 Å². The number of ether oxygens (including phenoxy) is 1. The summed E-state index contributed by atoms with van der Waals surface area (Å²) in [6, 6.07) is 3.96. The maximum absolute atomic E-state index is 13.6. The molecule has 1 saturated carbocycles. The second-order valence-corrected chi connectivity index (χ2v) is 5.31. The Bertz CT molecular complexity index is 673. The van der Waals surface area contributed by atoms with Crippen molar-refractivity contribution in [1.29, 1.82) is 0 Å². The SMILES string of the molecule is O=C1Nc2c(Cl)cccc2[C@@](C#CC2CC2)(C(F)(F)F)O1. The number of fused-ring (bicyclic) bond motifs is 1. The van der Waals surface area contributed by atoms with E-state index >= 15 is 0 Å². The van der Waals surface area contributed by atoms with E-state index in [-0.39, 0.29) is 22.2 Å². The zero-order valence-corrected chi connectivity index (χ0v) is 11.3. The lowest BCUT2D eigenvalue weighted by Crippen LogP contribution is -2.49. The van der Waals surface area contributed by atoms with Crippen LogP contribution in [0.15, 0.2) is 18.2 Å². The fourth-order valence-electron chi connectivity index (χ4n) is 2.07. The average Bonchev–Trinajstić information content (AvgIpc) is 3.20. The van der Waals surface area contributed by atoms with E-state index in [0.29, 0.717) is 0 Å². The Morgan fingerprint density at radius 2 is 2.10 bits per heavy atom. The number of halogens is 4. The molecule has 0 unspecified atom stereocenters. The summed E-state index contributed by atoms with van der Waals surface area (Å²) in [4.78, 5) is 11.5. The highest BCUT2D eigenvalue weighted by molar-refractivity contribution is 6.34. The van der Waals surface area contributed by atoms with Crippen LogP contribution in [0.1, 0.15) is 18.4 Å². The van der Waals surface area contributed by atoms with Gasteiger partial charge in [-0.1, -0.05) is 29.7 Å². The molecular formula is C14H9ClF3NO2. The number of rotatable bonds is 0. The molecule has 1 fully saturated rings. The molecule has 21 heavy (non-hydrogen) atoms. The van der Waals surface area contributed by atoms with Crippen LogP contribution in [0.25, 0.3) is 0 Å². The van der Waals surface area contributed by atoms with Gasteiger partial charge in [-0.05, 0) is 24.8 Å². The van der Waals surface area contributed by atoms with Crippen molar-refractivity contribution in [1.82, 2.24) is 0 Å². The molecule has 1 amide bonds. The van der Waals surface area contributed by atoms with Crippen LogP contribution in [0.5, 0.6) is 0 Å². The van der Waals surface area contributed by atoms with Crippen LogP contribution in [-0.4, -0.2) is 12.3 Å². The zero-order valence-electron chi connectivity index (χ0n) is 10.6. The standard InChI is InChI=1S/C14H9ClF3NO2/c15-10-3-1-2-9-11(10)19-12(20)21-13(9,14(16,17)18)7-6-8-4-5-8/h1-3,8H,4-5H2,(H,19,20)/t13-/m0/s1. The van der Waals surface area contributed by atoms with Crippen molar-refractivity contribution in [3.8, 4) is 11.8 Å². The number of hydrogen-bond acceptors (Lipinski definition) is 2. The van der Waals surface area contributed by atoms with Gasteiger partial charge >= 0.3 is 12.3 Å². The molecule has 2 aliphatic rings. The van der Waals surface area contributed by atoms with E-state index in [1.165, 1.54) is 18.2 Å². The molecule has 0 spiro atoms. The summed E-state index contributed by atoms with van der Waals surface area (Å²) in [6.45, 7) is 0. The van der Waals surface area contributed by atoms with Gasteiger partial charge in [-0.3, -0.25) is 5.32 Å². The summed E-state index contributed by atoms with van der Waals surface area (Å²) >= 11 is 5.87. The first kappa shape index (κ1) is 14.1. The molecule has 0 radical (unpaired) electrons. The topological polar surface area (TPSA) is 38.3 Å². The summed E-state index contributed by atoms with van der Waals surface area (Å²) in [5.74, 6) is 4.60. The lowest BCUT2D eigenvalue weighted by atomic mass is 9.90. The van der Waals surface area contributed by atoms with E-state index in [4.69, 9.17) is 11.6 Å². The van der Waals surface area contributed by atoms with Crippen LogP contribution in [0, 0.1) is 17.8 Å². The zero-order chi connectivity index (χ0) is 15.3. The van der Waals surface area contributed by atoms with Gasteiger partial charge in [-0.25, -0.2) is 4.79 Å². The minimum Gasteiger partial charge on any atom is -0.415 e. The number of cyclic esters (lactones) is 1. The number of alkyl halides is 3. The lowest BCUT2D eigenvalue weighted by Gasteiger charge is -2.36. The normalized spacial score (nSPS) is 24.3. The molecule has 110 valence electrons. The maximum atomic E-state index is 13.6. The minimum absolute atomic E-state index is 0.00555. The van der Waals surface area contributed by atoms with Crippen molar-refractivity contribution >= 4 is 23.4 Å². The van der Waals surface area contributed by atoms with Gasteiger partial charge in [0.05, 0.1) is 10.7 Å². The van der Waals surface area contributed by atoms with Crippen molar-refractivity contribution in [3.63, 3.8) is 0 Å². The second-order valence-electron chi connectivity index (χ2n) is 4.90. The number of benzene rings is 1. The molecule has 1 aliphatic carbocycles. The van der Waals surface area contributed by atoms with Gasteiger partial charge < -0.3 is 4.74 Å². The molecule has 1 atom stereocenters. The van der Waals surface area contributed by atoms with E-state index in [2.05, 4.69) is 21.9 Å². The third-order valence-corrected chi connectivity index (χ3v) is 3.61. The molecule has 3 nitrogen and oxygen atoms in total. The number of carbonyl (C=O) groups is 1. The van der Waals surface area contributed by atoms with Crippen molar-refractivity contribution in [2.75, 3.05) is 5.32 Å². The summed E-state index contributed by atoms with van der Waals surface area (Å²) in [5, 5.41) is 2.20. The molecule has 0 bridgehead atoms. The number of anilines is 1. The van der Waals surface area contributed by atoms with Crippen LogP contribution >= 0.6 is 11.6 Å². The van der Waals surface area contributed by atoms with E-state index < -0.39 is 17.9 Å². The molecule has 0 aromatic heterocycles. The predicted molar refractivity (Wildman–Crippen MR) is 69.8 cm³/mol. The van der Waals surface area contributed by atoms with Crippen molar-refractivity contribution < 1.29 is 22.7 Å².